The first-order chi connectivity index (χ1) is 12.9. The highest BCUT2D eigenvalue weighted by atomic mass is 16.5. The van der Waals surface area contributed by atoms with Crippen molar-refractivity contribution in [2.45, 2.75) is 59.8 Å². The van der Waals surface area contributed by atoms with Gasteiger partial charge in [-0.3, -0.25) is 4.79 Å². The van der Waals surface area contributed by atoms with Crippen molar-refractivity contribution < 1.29 is 9.53 Å². The lowest BCUT2D eigenvalue weighted by atomic mass is 9.98. The van der Waals surface area contributed by atoms with Gasteiger partial charge in [0.1, 0.15) is 5.75 Å². The summed E-state index contributed by atoms with van der Waals surface area (Å²) in [6.45, 7) is 10.2. The number of benzene rings is 1. The minimum Gasteiger partial charge on any atom is -0.426 e. The third-order valence-electron chi connectivity index (χ3n) is 5.15. The summed E-state index contributed by atoms with van der Waals surface area (Å²) in [5.41, 5.74) is 5.87. The van der Waals surface area contributed by atoms with Crippen molar-refractivity contribution in [1.29, 1.82) is 0 Å². The van der Waals surface area contributed by atoms with E-state index in [0.29, 0.717) is 24.5 Å². The monoisotopic (exact) mass is 365 g/mol. The van der Waals surface area contributed by atoms with Gasteiger partial charge < -0.3 is 4.74 Å². The average molecular weight is 365 g/mol. The largest absolute Gasteiger partial charge is 0.426 e. The van der Waals surface area contributed by atoms with Crippen LogP contribution < -0.4 is 4.74 Å². The van der Waals surface area contributed by atoms with Crippen LogP contribution in [0.2, 0.25) is 0 Å². The second-order valence-corrected chi connectivity index (χ2v) is 7.14. The molecule has 1 atom stereocenters. The first-order valence-corrected chi connectivity index (χ1v) is 9.52. The fraction of sp³-hybridized carbons (Fsp3) is 0.409. The van der Waals surface area contributed by atoms with Crippen LogP contribution in [0.5, 0.6) is 5.75 Å². The number of carbonyl (C=O) groups is 1. The van der Waals surface area contributed by atoms with Gasteiger partial charge >= 0.3 is 5.97 Å². The van der Waals surface area contributed by atoms with E-state index in [-0.39, 0.29) is 5.97 Å². The summed E-state index contributed by atoms with van der Waals surface area (Å²) in [6, 6.07) is 9.75. The van der Waals surface area contributed by atoms with Gasteiger partial charge in [-0.25, -0.2) is 9.50 Å². The Bertz CT molecular complexity index is 975. The number of para-hydroxylation sites is 1. The highest BCUT2D eigenvalue weighted by Crippen LogP contribution is 2.28. The SMILES string of the molecule is CCC(C)c1ccccc1OC(=O)CCc1c(C)nc2cc(C)nn2c1C. The molecule has 27 heavy (non-hydrogen) atoms. The highest BCUT2D eigenvalue weighted by Gasteiger charge is 2.16. The van der Waals surface area contributed by atoms with Crippen LogP contribution in [-0.2, 0) is 11.2 Å². The Hall–Kier alpha value is -2.69. The Morgan fingerprint density at radius 3 is 2.70 bits per heavy atom. The number of hydrogen-bond acceptors (Lipinski definition) is 4. The van der Waals surface area contributed by atoms with Gasteiger partial charge in [-0.15, -0.1) is 0 Å². The minimum atomic E-state index is -0.221. The molecule has 0 amide bonds. The van der Waals surface area contributed by atoms with E-state index in [0.717, 1.165) is 40.3 Å². The summed E-state index contributed by atoms with van der Waals surface area (Å²) in [5, 5.41) is 4.49. The van der Waals surface area contributed by atoms with Gasteiger partial charge in [-0.05, 0) is 56.7 Å². The number of rotatable bonds is 6. The fourth-order valence-electron chi connectivity index (χ4n) is 3.40. The summed E-state index contributed by atoms with van der Waals surface area (Å²) >= 11 is 0. The van der Waals surface area contributed by atoms with Gasteiger partial charge in [-0.1, -0.05) is 32.0 Å². The van der Waals surface area contributed by atoms with Gasteiger partial charge in [0.25, 0.3) is 0 Å². The lowest BCUT2D eigenvalue weighted by Gasteiger charge is -2.15. The molecule has 3 rings (SSSR count). The highest BCUT2D eigenvalue weighted by molar-refractivity contribution is 5.73. The zero-order valence-corrected chi connectivity index (χ0v) is 16.7. The number of fused-ring (bicyclic) bond motifs is 1. The van der Waals surface area contributed by atoms with E-state index in [4.69, 9.17) is 4.74 Å². The molecule has 0 saturated heterocycles. The van der Waals surface area contributed by atoms with Gasteiger partial charge in [0.05, 0.1) is 12.1 Å². The number of esters is 1. The van der Waals surface area contributed by atoms with E-state index < -0.39 is 0 Å². The van der Waals surface area contributed by atoms with Crippen LogP contribution in [0.4, 0.5) is 0 Å². The van der Waals surface area contributed by atoms with Crippen molar-refractivity contribution in [3.05, 3.63) is 58.5 Å². The van der Waals surface area contributed by atoms with Crippen molar-refractivity contribution >= 4 is 11.6 Å². The summed E-state index contributed by atoms with van der Waals surface area (Å²) in [5.74, 6) is 0.802. The van der Waals surface area contributed by atoms with Crippen molar-refractivity contribution in [3.63, 3.8) is 0 Å². The molecular formula is C22H27N3O2. The van der Waals surface area contributed by atoms with Gasteiger partial charge in [-0.2, -0.15) is 5.10 Å². The van der Waals surface area contributed by atoms with E-state index in [9.17, 15) is 4.79 Å². The molecule has 5 heteroatoms. The van der Waals surface area contributed by atoms with Crippen LogP contribution in [-0.4, -0.2) is 20.6 Å². The summed E-state index contributed by atoms with van der Waals surface area (Å²) < 4.78 is 7.53. The zero-order valence-electron chi connectivity index (χ0n) is 16.7. The number of aromatic nitrogens is 3. The molecule has 0 bridgehead atoms. The molecule has 0 fully saturated rings. The molecule has 2 aromatic heterocycles. The van der Waals surface area contributed by atoms with Crippen molar-refractivity contribution in [2.24, 2.45) is 0 Å². The number of nitrogens with zero attached hydrogens (tertiary/aromatic N) is 3. The molecule has 5 nitrogen and oxygen atoms in total. The quantitative estimate of drug-likeness (QED) is 0.469. The van der Waals surface area contributed by atoms with Crippen LogP contribution in [0, 0.1) is 20.8 Å². The molecule has 1 aromatic carbocycles. The molecule has 1 unspecified atom stereocenters. The maximum atomic E-state index is 12.5. The van der Waals surface area contributed by atoms with E-state index in [2.05, 4.69) is 23.9 Å². The lowest BCUT2D eigenvalue weighted by molar-refractivity contribution is -0.134. The first-order valence-electron chi connectivity index (χ1n) is 9.52. The molecule has 0 saturated carbocycles. The Kier molecular flexibility index (Phi) is 5.59. The van der Waals surface area contributed by atoms with Gasteiger partial charge in [0, 0.05) is 17.5 Å². The second kappa shape index (κ2) is 7.91. The number of carbonyl (C=O) groups excluding carboxylic acids is 1. The van der Waals surface area contributed by atoms with E-state index >= 15 is 0 Å². The van der Waals surface area contributed by atoms with E-state index in [1.54, 1.807) is 0 Å². The van der Waals surface area contributed by atoms with Crippen molar-refractivity contribution in [2.75, 3.05) is 0 Å². The predicted octanol–water partition coefficient (Wildman–Crippen LogP) is 4.71. The van der Waals surface area contributed by atoms with Crippen LogP contribution in [0.3, 0.4) is 0 Å². The minimum absolute atomic E-state index is 0.221. The molecule has 0 aliphatic heterocycles. The second-order valence-electron chi connectivity index (χ2n) is 7.14. The number of hydrogen-bond donors (Lipinski definition) is 0. The summed E-state index contributed by atoms with van der Waals surface area (Å²) in [6.07, 6.45) is 1.90. The van der Waals surface area contributed by atoms with Gasteiger partial charge in [0.15, 0.2) is 5.65 Å². The Morgan fingerprint density at radius 2 is 1.96 bits per heavy atom. The Morgan fingerprint density at radius 1 is 1.22 bits per heavy atom. The number of aryl methyl sites for hydroxylation is 3. The summed E-state index contributed by atoms with van der Waals surface area (Å²) in [4.78, 5) is 17.1. The van der Waals surface area contributed by atoms with Crippen LogP contribution >= 0.6 is 0 Å². The molecule has 142 valence electrons. The maximum Gasteiger partial charge on any atom is 0.311 e. The van der Waals surface area contributed by atoms with Crippen molar-refractivity contribution in [1.82, 2.24) is 14.6 Å². The predicted molar refractivity (Wildman–Crippen MR) is 106 cm³/mol. The topological polar surface area (TPSA) is 56.5 Å². The Labute approximate surface area is 160 Å². The fourth-order valence-corrected chi connectivity index (χ4v) is 3.40. The lowest BCUT2D eigenvalue weighted by Crippen LogP contribution is -2.13. The van der Waals surface area contributed by atoms with Crippen LogP contribution in [0.15, 0.2) is 30.3 Å². The molecule has 0 aliphatic rings. The maximum absolute atomic E-state index is 12.5. The third-order valence-corrected chi connectivity index (χ3v) is 5.15. The van der Waals surface area contributed by atoms with Crippen LogP contribution in [0.25, 0.3) is 5.65 Å². The molecule has 0 aliphatic carbocycles. The first kappa shape index (κ1) is 19.1. The smallest absolute Gasteiger partial charge is 0.311 e. The van der Waals surface area contributed by atoms with Crippen molar-refractivity contribution in [3.8, 4) is 5.75 Å². The average Bonchev–Trinajstić information content (AvgIpc) is 3.01. The summed E-state index contributed by atoms with van der Waals surface area (Å²) in [7, 11) is 0. The Balaban J connectivity index is 1.74. The van der Waals surface area contributed by atoms with Gasteiger partial charge in [0.2, 0.25) is 0 Å². The standard InChI is InChI=1S/C22H27N3O2/c1-6-14(2)18-9-7-8-10-20(18)27-22(26)12-11-19-16(4)23-21-13-15(3)24-25(21)17(19)5/h7-10,13-14H,6,11-12H2,1-5H3. The van der Waals surface area contributed by atoms with E-state index in [1.807, 2.05) is 55.6 Å². The molecule has 0 spiro atoms. The molecule has 0 radical (unpaired) electrons. The van der Waals surface area contributed by atoms with Crippen LogP contribution in [0.1, 0.15) is 60.8 Å². The number of ether oxygens (including phenoxy) is 1. The van der Waals surface area contributed by atoms with E-state index in [1.165, 1.54) is 0 Å². The molecule has 0 N–H and O–H groups in total. The normalized spacial score (nSPS) is 12.3. The molecule has 2 heterocycles. The molecular weight excluding hydrogens is 338 g/mol. The third kappa shape index (κ3) is 4.02. The zero-order chi connectivity index (χ0) is 19.6. The molecule has 3 aromatic rings.